The van der Waals surface area contributed by atoms with Gasteiger partial charge in [-0.25, -0.2) is 4.39 Å². The SMILES string of the molecule is CN(C)[C@H](CNC(=O)c1ccc(Br)cc1F)Cc1ccccc1. The third-order valence-electron chi connectivity index (χ3n) is 3.72. The van der Waals surface area contributed by atoms with Crippen LogP contribution in [0.25, 0.3) is 0 Å². The van der Waals surface area contributed by atoms with Crippen LogP contribution in [0.1, 0.15) is 15.9 Å². The summed E-state index contributed by atoms with van der Waals surface area (Å²) in [7, 11) is 3.94. The van der Waals surface area contributed by atoms with E-state index < -0.39 is 11.7 Å². The van der Waals surface area contributed by atoms with Crippen molar-refractivity contribution in [1.29, 1.82) is 0 Å². The molecule has 122 valence electrons. The molecule has 0 heterocycles. The lowest BCUT2D eigenvalue weighted by atomic mass is 10.0. The fourth-order valence-corrected chi connectivity index (χ4v) is 2.64. The van der Waals surface area contributed by atoms with Crippen LogP contribution in [-0.2, 0) is 6.42 Å². The number of halogens is 2. The predicted octanol–water partition coefficient (Wildman–Crippen LogP) is 3.49. The van der Waals surface area contributed by atoms with Gasteiger partial charge in [0.25, 0.3) is 5.91 Å². The average molecular weight is 379 g/mol. The van der Waals surface area contributed by atoms with E-state index in [9.17, 15) is 9.18 Å². The molecule has 0 aliphatic heterocycles. The van der Waals surface area contributed by atoms with Gasteiger partial charge in [-0.05, 0) is 44.3 Å². The standard InChI is InChI=1S/C18H20BrFN2O/c1-22(2)15(10-13-6-4-3-5-7-13)12-21-18(23)16-9-8-14(19)11-17(16)20/h3-9,11,15H,10,12H2,1-2H3,(H,21,23)/t15-/m0/s1. The first-order valence-electron chi connectivity index (χ1n) is 7.41. The highest BCUT2D eigenvalue weighted by Crippen LogP contribution is 2.15. The largest absolute Gasteiger partial charge is 0.350 e. The molecule has 1 N–H and O–H groups in total. The zero-order chi connectivity index (χ0) is 16.8. The summed E-state index contributed by atoms with van der Waals surface area (Å²) in [5, 5.41) is 2.83. The summed E-state index contributed by atoms with van der Waals surface area (Å²) in [6.45, 7) is 0.455. The van der Waals surface area contributed by atoms with Crippen molar-refractivity contribution in [2.45, 2.75) is 12.5 Å². The second-order valence-electron chi connectivity index (χ2n) is 5.64. The molecule has 0 aliphatic carbocycles. The van der Waals surface area contributed by atoms with E-state index in [0.29, 0.717) is 11.0 Å². The molecule has 0 aliphatic rings. The Bertz CT molecular complexity index is 661. The van der Waals surface area contributed by atoms with Crippen LogP contribution in [-0.4, -0.2) is 37.5 Å². The minimum absolute atomic E-state index is 0.0606. The van der Waals surface area contributed by atoms with Crippen molar-refractivity contribution in [2.75, 3.05) is 20.6 Å². The topological polar surface area (TPSA) is 32.3 Å². The van der Waals surface area contributed by atoms with Gasteiger partial charge in [-0.15, -0.1) is 0 Å². The number of carbonyl (C=O) groups excluding carboxylic acids is 1. The number of nitrogens with zero attached hydrogens (tertiary/aromatic N) is 1. The molecular formula is C18H20BrFN2O. The van der Waals surface area contributed by atoms with Gasteiger partial charge in [0.2, 0.25) is 0 Å². The maximum atomic E-state index is 13.8. The van der Waals surface area contributed by atoms with E-state index in [4.69, 9.17) is 0 Å². The molecule has 0 radical (unpaired) electrons. The highest BCUT2D eigenvalue weighted by Gasteiger charge is 2.16. The highest BCUT2D eigenvalue weighted by molar-refractivity contribution is 9.10. The minimum atomic E-state index is -0.527. The van der Waals surface area contributed by atoms with Crippen molar-refractivity contribution in [1.82, 2.24) is 10.2 Å². The summed E-state index contributed by atoms with van der Waals surface area (Å²) < 4.78 is 14.4. The number of nitrogens with one attached hydrogen (secondary N) is 1. The second kappa shape index (κ2) is 8.22. The summed E-state index contributed by atoms with van der Waals surface area (Å²) in [6.07, 6.45) is 0.816. The number of amides is 1. The molecule has 23 heavy (non-hydrogen) atoms. The Labute approximate surface area is 144 Å². The molecule has 0 spiro atoms. The van der Waals surface area contributed by atoms with Gasteiger partial charge in [-0.1, -0.05) is 46.3 Å². The monoisotopic (exact) mass is 378 g/mol. The molecule has 2 rings (SSSR count). The number of likely N-dealkylation sites (N-methyl/N-ethyl adjacent to an activating group) is 1. The van der Waals surface area contributed by atoms with Crippen molar-refractivity contribution in [3.8, 4) is 0 Å². The van der Waals surface area contributed by atoms with Gasteiger partial charge in [0.15, 0.2) is 0 Å². The molecular weight excluding hydrogens is 359 g/mol. The molecule has 0 saturated heterocycles. The Kier molecular flexibility index (Phi) is 6.30. The van der Waals surface area contributed by atoms with E-state index in [-0.39, 0.29) is 11.6 Å². The minimum Gasteiger partial charge on any atom is -0.350 e. The predicted molar refractivity (Wildman–Crippen MR) is 94.1 cm³/mol. The molecule has 0 aromatic heterocycles. The van der Waals surface area contributed by atoms with Crippen LogP contribution in [0.3, 0.4) is 0 Å². The lowest BCUT2D eigenvalue weighted by molar-refractivity contribution is 0.0937. The number of hydrogen-bond acceptors (Lipinski definition) is 2. The molecule has 5 heteroatoms. The quantitative estimate of drug-likeness (QED) is 0.834. The fourth-order valence-electron chi connectivity index (χ4n) is 2.30. The molecule has 2 aromatic rings. The van der Waals surface area contributed by atoms with Gasteiger partial charge < -0.3 is 10.2 Å². The average Bonchev–Trinajstić information content (AvgIpc) is 2.51. The van der Waals surface area contributed by atoms with Crippen molar-refractivity contribution in [3.05, 3.63) is 69.9 Å². The Morgan fingerprint density at radius 1 is 1.22 bits per heavy atom. The normalized spacial score (nSPS) is 12.2. The van der Waals surface area contributed by atoms with E-state index >= 15 is 0 Å². The van der Waals surface area contributed by atoms with Crippen LogP contribution >= 0.6 is 15.9 Å². The van der Waals surface area contributed by atoms with E-state index in [2.05, 4.69) is 38.3 Å². The van der Waals surface area contributed by atoms with Crippen LogP contribution in [0.15, 0.2) is 53.0 Å². The third-order valence-corrected chi connectivity index (χ3v) is 4.21. The van der Waals surface area contributed by atoms with Crippen LogP contribution in [0, 0.1) is 5.82 Å². The molecule has 0 bridgehead atoms. The number of rotatable bonds is 6. The molecule has 0 fully saturated rings. The first-order chi connectivity index (χ1) is 11.0. The van der Waals surface area contributed by atoms with Gasteiger partial charge in [-0.3, -0.25) is 4.79 Å². The van der Waals surface area contributed by atoms with E-state index in [1.54, 1.807) is 6.07 Å². The Hall–Kier alpha value is -1.72. The first-order valence-corrected chi connectivity index (χ1v) is 8.20. The Balaban J connectivity index is 1.99. The van der Waals surface area contributed by atoms with E-state index in [1.165, 1.54) is 17.7 Å². The third kappa shape index (κ3) is 5.15. The van der Waals surface area contributed by atoms with Gasteiger partial charge in [0.1, 0.15) is 5.82 Å². The van der Waals surface area contributed by atoms with Crippen molar-refractivity contribution >= 4 is 21.8 Å². The zero-order valence-corrected chi connectivity index (χ0v) is 14.8. The second-order valence-corrected chi connectivity index (χ2v) is 6.56. The van der Waals surface area contributed by atoms with E-state index in [1.807, 2.05) is 32.3 Å². The van der Waals surface area contributed by atoms with Crippen molar-refractivity contribution < 1.29 is 9.18 Å². The van der Waals surface area contributed by atoms with Crippen LogP contribution in [0.2, 0.25) is 0 Å². The number of benzene rings is 2. The fraction of sp³-hybridized carbons (Fsp3) is 0.278. The number of hydrogen-bond donors (Lipinski definition) is 1. The molecule has 0 saturated carbocycles. The first kappa shape index (κ1) is 17.6. The Morgan fingerprint density at radius 2 is 1.91 bits per heavy atom. The molecule has 1 amide bonds. The summed E-state index contributed by atoms with van der Waals surface area (Å²) in [6, 6.07) is 14.7. The van der Waals surface area contributed by atoms with Crippen LogP contribution in [0.4, 0.5) is 4.39 Å². The molecule has 3 nitrogen and oxygen atoms in total. The highest BCUT2D eigenvalue weighted by atomic mass is 79.9. The lowest BCUT2D eigenvalue weighted by Crippen LogP contribution is -2.41. The van der Waals surface area contributed by atoms with E-state index in [0.717, 1.165) is 6.42 Å². The molecule has 0 unspecified atom stereocenters. The number of carbonyl (C=O) groups is 1. The summed E-state index contributed by atoms with van der Waals surface area (Å²) in [4.78, 5) is 14.2. The Morgan fingerprint density at radius 3 is 2.52 bits per heavy atom. The van der Waals surface area contributed by atoms with Gasteiger partial charge in [0, 0.05) is 17.1 Å². The van der Waals surface area contributed by atoms with Crippen LogP contribution in [0.5, 0.6) is 0 Å². The zero-order valence-electron chi connectivity index (χ0n) is 13.2. The molecule has 1 atom stereocenters. The van der Waals surface area contributed by atoms with Gasteiger partial charge in [-0.2, -0.15) is 0 Å². The lowest BCUT2D eigenvalue weighted by Gasteiger charge is -2.25. The van der Waals surface area contributed by atoms with Crippen molar-refractivity contribution in [2.24, 2.45) is 0 Å². The summed E-state index contributed by atoms with van der Waals surface area (Å²) >= 11 is 3.19. The van der Waals surface area contributed by atoms with Gasteiger partial charge >= 0.3 is 0 Å². The molecule has 2 aromatic carbocycles. The maximum Gasteiger partial charge on any atom is 0.254 e. The summed E-state index contributed by atoms with van der Waals surface area (Å²) in [5.41, 5.74) is 1.26. The smallest absolute Gasteiger partial charge is 0.254 e. The van der Waals surface area contributed by atoms with Gasteiger partial charge in [0.05, 0.1) is 5.56 Å². The van der Waals surface area contributed by atoms with Crippen LogP contribution < -0.4 is 5.32 Å². The van der Waals surface area contributed by atoms with Crippen molar-refractivity contribution in [3.63, 3.8) is 0 Å². The summed E-state index contributed by atoms with van der Waals surface area (Å²) in [5.74, 6) is -0.920. The maximum absolute atomic E-state index is 13.8.